The molecule has 0 bridgehead atoms. The fourth-order valence-electron chi connectivity index (χ4n) is 2.89. The lowest BCUT2D eigenvalue weighted by atomic mass is 9.99. The van der Waals surface area contributed by atoms with Crippen LogP contribution in [0, 0.1) is 6.92 Å². The number of rotatable bonds is 5. The molecule has 0 saturated carbocycles. The summed E-state index contributed by atoms with van der Waals surface area (Å²) in [7, 11) is 0. The number of carbonyl (C=O) groups excluding carboxylic acids is 2. The van der Waals surface area contributed by atoms with Gasteiger partial charge in [0.15, 0.2) is 0 Å². The van der Waals surface area contributed by atoms with E-state index in [2.05, 4.69) is 16.7 Å². The molecule has 2 aromatic carbocycles. The zero-order valence-electron chi connectivity index (χ0n) is 13.9. The maximum absolute atomic E-state index is 12.0. The van der Waals surface area contributed by atoms with E-state index >= 15 is 0 Å². The number of hydrogen-bond donors (Lipinski definition) is 2. The molecule has 0 atom stereocenters. The van der Waals surface area contributed by atoms with Crippen molar-refractivity contribution >= 4 is 17.5 Å². The summed E-state index contributed by atoms with van der Waals surface area (Å²) in [6.45, 7) is 2.66. The lowest BCUT2D eigenvalue weighted by Gasteiger charge is -2.17. The van der Waals surface area contributed by atoms with Gasteiger partial charge in [-0.05, 0) is 42.5 Å². The van der Waals surface area contributed by atoms with E-state index in [-0.39, 0.29) is 11.8 Å². The summed E-state index contributed by atoms with van der Waals surface area (Å²) in [6.07, 6.45) is 2.54. The number of benzene rings is 2. The van der Waals surface area contributed by atoms with Gasteiger partial charge in [-0.25, -0.2) is 0 Å². The van der Waals surface area contributed by atoms with E-state index in [0.29, 0.717) is 19.4 Å². The second-order valence-electron chi connectivity index (χ2n) is 6.30. The average molecular weight is 322 g/mol. The van der Waals surface area contributed by atoms with Crippen molar-refractivity contribution in [2.75, 3.05) is 11.9 Å². The highest BCUT2D eigenvalue weighted by Gasteiger charge is 2.14. The molecule has 2 N–H and O–H groups in total. The van der Waals surface area contributed by atoms with Gasteiger partial charge < -0.3 is 10.6 Å². The fourth-order valence-corrected chi connectivity index (χ4v) is 2.89. The average Bonchev–Trinajstić information content (AvgIpc) is 2.57. The Labute approximate surface area is 142 Å². The number of fused-ring (bicyclic) bond motifs is 1. The van der Waals surface area contributed by atoms with Crippen LogP contribution in [0.1, 0.15) is 28.7 Å². The third-order valence-electron chi connectivity index (χ3n) is 4.29. The molecule has 0 saturated heterocycles. The van der Waals surface area contributed by atoms with Crippen LogP contribution in [0.25, 0.3) is 0 Å². The minimum atomic E-state index is 0.0454. The van der Waals surface area contributed by atoms with Crippen molar-refractivity contribution in [3.8, 4) is 0 Å². The Morgan fingerprint density at radius 1 is 1.08 bits per heavy atom. The molecule has 1 aliphatic rings. The summed E-state index contributed by atoms with van der Waals surface area (Å²) in [4.78, 5) is 23.4. The van der Waals surface area contributed by atoms with Crippen molar-refractivity contribution in [2.45, 2.75) is 32.6 Å². The highest BCUT2D eigenvalue weighted by molar-refractivity contribution is 5.93. The van der Waals surface area contributed by atoms with Crippen LogP contribution in [0.15, 0.2) is 42.5 Å². The standard InChI is InChI=1S/C20H22N2O2/c1-14-2-4-15(5-3-14)13-20(24)21-11-10-16-6-8-18-17(12-16)7-9-19(23)22-18/h2-6,8,12H,7,9-11,13H2,1H3,(H,21,24)(H,22,23). The lowest BCUT2D eigenvalue weighted by molar-refractivity contribution is -0.120. The maximum Gasteiger partial charge on any atom is 0.224 e. The molecule has 0 spiro atoms. The van der Waals surface area contributed by atoms with Gasteiger partial charge >= 0.3 is 0 Å². The second-order valence-corrected chi connectivity index (χ2v) is 6.30. The molecule has 3 rings (SSSR count). The predicted molar refractivity (Wildman–Crippen MR) is 95.0 cm³/mol. The molecule has 0 aliphatic carbocycles. The van der Waals surface area contributed by atoms with Gasteiger partial charge in [0.1, 0.15) is 0 Å². The molecule has 0 fully saturated rings. The van der Waals surface area contributed by atoms with E-state index in [0.717, 1.165) is 24.1 Å². The lowest BCUT2D eigenvalue weighted by Crippen LogP contribution is -2.27. The van der Waals surface area contributed by atoms with Gasteiger partial charge in [-0.15, -0.1) is 0 Å². The number of hydrogen-bond acceptors (Lipinski definition) is 2. The highest BCUT2D eigenvalue weighted by Crippen LogP contribution is 2.23. The van der Waals surface area contributed by atoms with E-state index < -0.39 is 0 Å². The molecule has 24 heavy (non-hydrogen) atoms. The molecule has 0 radical (unpaired) electrons. The first-order chi connectivity index (χ1) is 11.6. The Bertz CT molecular complexity index is 751. The largest absolute Gasteiger partial charge is 0.355 e. The van der Waals surface area contributed by atoms with Gasteiger partial charge in [-0.1, -0.05) is 42.0 Å². The smallest absolute Gasteiger partial charge is 0.224 e. The Morgan fingerprint density at radius 3 is 2.62 bits per heavy atom. The van der Waals surface area contributed by atoms with Gasteiger partial charge in [0.05, 0.1) is 6.42 Å². The van der Waals surface area contributed by atoms with Gasteiger partial charge in [0, 0.05) is 18.7 Å². The molecule has 2 amide bonds. The molecule has 1 heterocycles. The van der Waals surface area contributed by atoms with Crippen molar-refractivity contribution < 1.29 is 9.59 Å². The molecule has 0 unspecified atom stereocenters. The molecule has 124 valence electrons. The SMILES string of the molecule is Cc1ccc(CC(=O)NCCc2ccc3c(c2)CCC(=O)N3)cc1. The first-order valence-electron chi connectivity index (χ1n) is 8.34. The number of nitrogens with one attached hydrogen (secondary N) is 2. The van der Waals surface area contributed by atoms with Gasteiger partial charge in [0.25, 0.3) is 0 Å². The summed E-state index contributed by atoms with van der Waals surface area (Å²) in [5, 5.41) is 5.86. The van der Waals surface area contributed by atoms with Crippen LogP contribution in [-0.4, -0.2) is 18.4 Å². The normalized spacial score (nSPS) is 13.1. The van der Waals surface area contributed by atoms with E-state index in [9.17, 15) is 9.59 Å². The summed E-state index contributed by atoms with van der Waals surface area (Å²) >= 11 is 0. The van der Waals surface area contributed by atoms with Gasteiger partial charge in [0.2, 0.25) is 11.8 Å². The zero-order valence-corrected chi connectivity index (χ0v) is 13.9. The topological polar surface area (TPSA) is 58.2 Å². The Kier molecular flexibility index (Phi) is 4.94. The van der Waals surface area contributed by atoms with Crippen molar-refractivity contribution in [3.05, 3.63) is 64.7 Å². The zero-order chi connectivity index (χ0) is 16.9. The van der Waals surface area contributed by atoms with E-state index in [4.69, 9.17) is 0 Å². The highest BCUT2D eigenvalue weighted by atomic mass is 16.2. The van der Waals surface area contributed by atoms with Gasteiger partial charge in [-0.2, -0.15) is 0 Å². The summed E-state index contributed by atoms with van der Waals surface area (Å²) in [5.74, 6) is 0.127. The van der Waals surface area contributed by atoms with Crippen molar-refractivity contribution in [1.29, 1.82) is 0 Å². The fraction of sp³-hybridized carbons (Fsp3) is 0.300. The van der Waals surface area contributed by atoms with Gasteiger partial charge in [-0.3, -0.25) is 9.59 Å². The number of amides is 2. The van der Waals surface area contributed by atoms with Crippen LogP contribution in [-0.2, 0) is 28.9 Å². The van der Waals surface area contributed by atoms with E-state index in [1.165, 1.54) is 16.7 Å². The quantitative estimate of drug-likeness (QED) is 0.889. The third kappa shape index (κ3) is 4.22. The molecule has 4 nitrogen and oxygen atoms in total. The minimum absolute atomic E-state index is 0.0454. The Hall–Kier alpha value is -2.62. The molecule has 4 heteroatoms. The monoisotopic (exact) mass is 322 g/mol. The van der Waals surface area contributed by atoms with Crippen LogP contribution in [0.2, 0.25) is 0 Å². The second kappa shape index (κ2) is 7.30. The van der Waals surface area contributed by atoms with Crippen LogP contribution in [0.4, 0.5) is 5.69 Å². The third-order valence-corrected chi connectivity index (χ3v) is 4.29. The maximum atomic E-state index is 12.0. The predicted octanol–water partition coefficient (Wildman–Crippen LogP) is 2.78. The van der Waals surface area contributed by atoms with Crippen LogP contribution >= 0.6 is 0 Å². The summed E-state index contributed by atoms with van der Waals surface area (Å²) < 4.78 is 0. The first-order valence-corrected chi connectivity index (χ1v) is 8.34. The Balaban J connectivity index is 1.48. The number of aryl methyl sites for hydroxylation is 2. The summed E-state index contributed by atoms with van der Waals surface area (Å²) in [6, 6.07) is 14.1. The molecular formula is C20H22N2O2. The first kappa shape index (κ1) is 16.2. The summed E-state index contributed by atoms with van der Waals surface area (Å²) in [5.41, 5.74) is 5.50. The van der Waals surface area contributed by atoms with Crippen LogP contribution < -0.4 is 10.6 Å². The van der Waals surface area contributed by atoms with Crippen molar-refractivity contribution in [3.63, 3.8) is 0 Å². The Morgan fingerprint density at radius 2 is 1.83 bits per heavy atom. The molecule has 1 aliphatic heterocycles. The minimum Gasteiger partial charge on any atom is -0.355 e. The number of anilines is 1. The molecule has 0 aromatic heterocycles. The van der Waals surface area contributed by atoms with Crippen LogP contribution in [0.3, 0.4) is 0 Å². The number of carbonyl (C=O) groups is 2. The van der Waals surface area contributed by atoms with Crippen LogP contribution in [0.5, 0.6) is 0 Å². The van der Waals surface area contributed by atoms with Crippen molar-refractivity contribution in [1.82, 2.24) is 5.32 Å². The van der Waals surface area contributed by atoms with Crippen molar-refractivity contribution in [2.24, 2.45) is 0 Å². The molecular weight excluding hydrogens is 300 g/mol. The molecule has 2 aromatic rings. The van der Waals surface area contributed by atoms with E-state index in [1.54, 1.807) is 0 Å². The van der Waals surface area contributed by atoms with E-state index in [1.807, 2.05) is 43.3 Å².